The molecular weight excluding hydrogens is 250 g/mol. The molecule has 0 aliphatic rings. The third kappa shape index (κ3) is 3.02. The van der Waals surface area contributed by atoms with Crippen molar-refractivity contribution < 1.29 is 4.74 Å². The topological polar surface area (TPSA) is 53.1 Å². The maximum atomic E-state index is 6.45. The Bertz CT molecular complexity index is 563. The molecule has 0 spiro atoms. The first-order chi connectivity index (χ1) is 9.67. The van der Waals surface area contributed by atoms with Gasteiger partial charge in [-0.2, -0.15) is 5.10 Å². The van der Waals surface area contributed by atoms with Crippen LogP contribution in [-0.4, -0.2) is 16.4 Å². The molecule has 0 aliphatic carbocycles. The lowest BCUT2D eigenvalue weighted by Gasteiger charge is -2.16. The van der Waals surface area contributed by atoms with E-state index in [-0.39, 0.29) is 6.04 Å². The highest BCUT2D eigenvalue weighted by atomic mass is 16.5. The van der Waals surface area contributed by atoms with Gasteiger partial charge in [0, 0.05) is 24.4 Å². The first-order valence-electron chi connectivity index (χ1n) is 7.17. The van der Waals surface area contributed by atoms with Gasteiger partial charge >= 0.3 is 0 Å². The van der Waals surface area contributed by atoms with Gasteiger partial charge in [0.05, 0.1) is 18.3 Å². The molecule has 2 rings (SSSR count). The molecule has 0 amide bonds. The van der Waals surface area contributed by atoms with Gasteiger partial charge in [0.25, 0.3) is 0 Å². The second-order valence-corrected chi connectivity index (χ2v) is 4.92. The van der Waals surface area contributed by atoms with Crippen LogP contribution in [-0.2, 0) is 13.5 Å². The van der Waals surface area contributed by atoms with E-state index in [1.807, 2.05) is 42.2 Å². The number of nitrogens with two attached hydrogens (primary N) is 1. The van der Waals surface area contributed by atoms with E-state index in [1.54, 1.807) is 0 Å². The lowest BCUT2D eigenvalue weighted by molar-refractivity contribution is 0.313. The van der Waals surface area contributed by atoms with Crippen molar-refractivity contribution in [3.8, 4) is 5.75 Å². The van der Waals surface area contributed by atoms with Crippen molar-refractivity contribution in [2.75, 3.05) is 6.61 Å². The minimum Gasteiger partial charge on any atom is -0.493 e. The van der Waals surface area contributed by atoms with Crippen LogP contribution in [0, 0.1) is 0 Å². The molecule has 0 fully saturated rings. The van der Waals surface area contributed by atoms with Gasteiger partial charge in [-0.3, -0.25) is 4.68 Å². The highest BCUT2D eigenvalue weighted by Gasteiger charge is 2.19. The molecule has 0 radical (unpaired) electrons. The summed E-state index contributed by atoms with van der Waals surface area (Å²) < 4.78 is 7.62. The molecular formula is C16H23N3O. The summed E-state index contributed by atoms with van der Waals surface area (Å²) in [6, 6.07) is 7.78. The molecule has 1 heterocycles. The molecule has 0 bridgehead atoms. The highest BCUT2D eigenvalue weighted by molar-refractivity contribution is 5.42. The van der Waals surface area contributed by atoms with Gasteiger partial charge in [-0.25, -0.2) is 0 Å². The second-order valence-electron chi connectivity index (χ2n) is 4.92. The van der Waals surface area contributed by atoms with Crippen LogP contribution in [0.1, 0.15) is 43.1 Å². The molecule has 2 N–H and O–H groups in total. The van der Waals surface area contributed by atoms with Crippen molar-refractivity contribution in [3.05, 3.63) is 47.3 Å². The molecule has 4 heteroatoms. The molecule has 2 aromatic rings. The monoisotopic (exact) mass is 273 g/mol. The van der Waals surface area contributed by atoms with E-state index in [1.165, 1.54) is 0 Å². The maximum Gasteiger partial charge on any atom is 0.124 e. The van der Waals surface area contributed by atoms with Crippen molar-refractivity contribution >= 4 is 0 Å². The molecule has 0 aliphatic heterocycles. The number of para-hydroxylation sites is 1. The summed E-state index contributed by atoms with van der Waals surface area (Å²) in [6.07, 6.45) is 3.86. The minimum atomic E-state index is -0.202. The molecule has 1 aromatic carbocycles. The number of nitrogens with zero attached hydrogens (tertiary/aromatic N) is 2. The highest BCUT2D eigenvalue weighted by Crippen LogP contribution is 2.29. The quantitative estimate of drug-likeness (QED) is 0.880. The van der Waals surface area contributed by atoms with Gasteiger partial charge in [0.15, 0.2) is 0 Å². The molecule has 4 nitrogen and oxygen atoms in total. The first-order valence-corrected chi connectivity index (χ1v) is 7.17. The molecule has 0 saturated carbocycles. The Morgan fingerprint density at radius 2 is 2.00 bits per heavy atom. The Labute approximate surface area is 120 Å². The molecule has 0 saturated heterocycles. The van der Waals surface area contributed by atoms with Crippen LogP contribution < -0.4 is 10.5 Å². The summed E-state index contributed by atoms with van der Waals surface area (Å²) in [5.74, 6) is 0.868. The Kier molecular flexibility index (Phi) is 4.79. The van der Waals surface area contributed by atoms with Crippen molar-refractivity contribution in [1.29, 1.82) is 0 Å². The normalized spacial score (nSPS) is 12.4. The number of ether oxygens (including phenoxy) is 1. The number of hydrogen-bond acceptors (Lipinski definition) is 3. The van der Waals surface area contributed by atoms with Crippen molar-refractivity contribution in [3.63, 3.8) is 0 Å². The van der Waals surface area contributed by atoms with E-state index >= 15 is 0 Å². The predicted molar refractivity (Wildman–Crippen MR) is 80.8 cm³/mol. The lowest BCUT2D eigenvalue weighted by Crippen LogP contribution is -2.14. The minimum absolute atomic E-state index is 0.202. The average Bonchev–Trinajstić information content (AvgIpc) is 2.85. The number of rotatable bonds is 6. The fraction of sp³-hybridized carbons (Fsp3) is 0.438. The third-order valence-electron chi connectivity index (χ3n) is 3.32. The fourth-order valence-electron chi connectivity index (χ4n) is 2.34. The summed E-state index contributed by atoms with van der Waals surface area (Å²) in [6.45, 7) is 4.90. The maximum absolute atomic E-state index is 6.45. The van der Waals surface area contributed by atoms with Crippen molar-refractivity contribution in [2.24, 2.45) is 12.8 Å². The summed E-state index contributed by atoms with van der Waals surface area (Å²) in [7, 11) is 1.93. The smallest absolute Gasteiger partial charge is 0.124 e. The van der Waals surface area contributed by atoms with Crippen LogP contribution in [0.5, 0.6) is 5.75 Å². The molecule has 1 unspecified atom stereocenters. The number of aromatic nitrogens is 2. The van der Waals surface area contributed by atoms with E-state index in [9.17, 15) is 0 Å². The molecule has 1 atom stereocenters. The van der Waals surface area contributed by atoms with E-state index in [4.69, 9.17) is 10.5 Å². The van der Waals surface area contributed by atoms with Crippen molar-refractivity contribution in [1.82, 2.24) is 9.78 Å². The van der Waals surface area contributed by atoms with Crippen LogP contribution in [0.25, 0.3) is 0 Å². The zero-order valence-corrected chi connectivity index (χ0v) is 12.5. The predicted octanol–water partition coefficient (Wildman–Crippen LogP) is 2.82. The van der Waals surface area contributed by atoms with Gasteiger partial charge in [0.2, 0.25) is 0 Å². The van der Waals surface area contributed by atoms with Gasteiger partial charge in [-0.05, 0) is 18.9 Å². The van der Waals surface area contributed by atoms with Crippen LogP contribution >= 0.6 is 0 Å². The number of aryl methyl sites for hydroxylation is 2. The van der Waals surface area contributed by atoms with Crippen molar-refractivity contribution in [2.45, 2.75) is 32.7 Å². The van der Waals surface area contributed by atoms with Crippen LogP contribution in [0.15, 0.2) is 30.5 Å². The SMILES string of the molecule is CCCOc1ccccc1C(N)c1cn(C)nc1CC. The van der Waals surface area contributed by atoms with Crippen LogP contribution in [0.4, 0.5) is 0 Å². The van der Waals surface area contributed by atoms with Gasteiger partial charge in [0.1, 0.15) is 5.75 Å². The molecule has 1 aromatic heterocycles. The van der Waals surface area contributed by atoms with Crippen LogP contribution in [0.3, 0.4) is 0 Å². The second kappa shape index (κ2) is 6.57. The Morgan fingerprint density at radius 3 is 2.70 bits per heavy atom. The zero-order chi connectivity index (χ0) is 14.5. The Hall–Kier alpha value is -1.81. The Balaban J connectivity index is 2.34. The molecule has 108 valence electrons. The van der Waals surface area contributed by atoms with Crippen LogP contribution in [0.2, 0.25) is 0 Å². The number of hydrogen-bond donors (Lipinski definition) is 1. The summed E-state index contributed by atoms with van der Waals surface area (Å²) >= 11 is 0. The van der Waals surface area contributed by atoms with Gasteiger partial charge in [-0.15, -0.1) is 0 Å². The average molecular weight is 273 g/mol. The summed E-state index contributed by atoms with van der Waals surface area (Å²) in [5, 5.41) is 4.46. The van der Waals surface area contributed by atoms with E-state index < -0.39 is 0 Å². The van der Waals surface area contributed by atoms with E-state index in [0.717, 1.165) is 35.4 Å². The Morgan fingerprint density at radius 1 is 1.25 bits per heavy atom. The van der Waals surface area contributed by atoms with Gasteiger partial charge < -0.3 is 10.5 Å². The van der Waals surface area contributed by atoms with E-state index in [0.29, 0.717) is 6.61 Å². The van der Waals surface area contributed by atoms with E-state index in [2.05, 4.69) is 18.9 Å². The van der Waals surface area contributed by atoms with Gasteiger partial charge in [-0.1, -0.05) is 32.0 Å². The fourth-order valence-corrected chi connectivity index (χ4v) is 2.34. The standard InChI is InChI=1S/C16H23N3O/c1-4-10-20-15-9-7-6-8-12(15)16(17)13-11-19(3)18-14(13)5-2/h6-9,11,16H,4-5,10,17H2,1-3H3. The largest absolute Gasteiger partial charge is 0.493 e. The first kappa shape index (κ1) is 14.6. The number of benzene rings is 1. The zero-order valence-electron chi connectivity index (χ0n) is 12.5. The lowest BCUT2D eigenvalue weighted by atomic mass is 9.98. The summed E-state index contributed by atoms with van der Waals surface area (Å²) in [5.41, 5.74) is 9.58. The molecule has 20 heavy (non-hydrogen) atoms. The third-order valence-corrected chi connectivity index (χ3v) is 3.32. The summed E-state index contributed by atoms with van der Waals surface area (Å²) in [4.78, 5) is 0.